The highest BCUT2D eigenvalue weighted by molar-refractivity contribution is 7.73. The van der Waals surface area contributed by atoms with Crippen molar-refractivity contribution in [2.75, 3.05) is 6.54 Å². The van der Waals surface area contributed by atoms with Gasteiger partial charge in [0.1, 0.15) is 0 Å². The van der Waals surface area contributed by atoms with Crippen LogP contribution in [0.15, 0.2) is 60.7 Å². The van der Waals surface area contributed by atoms with Crippen LogP contribution in [-0.2, 0) is 0 Å². The van der Waals surface area contributed by atoms with Crippen molar-refractivity contribution in [3.8, 4) is 0 Å². The smallest absolute Gasteiger partial charge is 0.0450 e. The van der Waals surface area contributed by atoms with Crippen molar-refractivity contribution in [1.82, 2.24) is 0 Å². The molecule has 2 nitrogen and oxygen atoms in total. The normalized spacial score (nSPS) is 12.6. The van der Waals surface area contributed by atoms with Gasteiger partial charge in [0.15, 0.2) is 0 Å². The molecule has 2 rings (SSSR count). The Morgan fingerprint density at radius 1 is 0.824 bits per heavy atom. The molecule has 0 aromatic heterocycles. The van der Waals surface area contributed by atoms with Gasteiger partial charge in [-0.2, -0.15) is 0 Å². The maximum atomic E-state index is 6.19. The Hall–Kier alpha value is -1.21. The van der Waals surface area contributed by atoms with E-state index >= 15 is 0 Å². The van der Waals surface area contributed by atoms with Crippen LogP contribution in [0.1, 0.15) is 0 Å². The van der Waals surface area contributed by atoms with Crippen LogP contribution in [0, 0.1) is 0 Å². The second-order valence-electron chi connectivity index (χ2n) is 3.84. The Morgan fingerprint density at radius 2 is 1.24 bits per heavy atom. The molecule has 0 aliphatic carbocycles. The van der Waals surface area contributed by atoms with E-state index in [1.165, 1.54) is 10.6 Å². The van der Waals surface area contributed by atoms with E-state index in [9.17, 15) is 0 Å². The molecule has 0 saturated carbocycles. The summed E-state index contributed by atoms with van der Waals surface area (Å²) in [6.07, 6.45) is 0. The summed E-state index contributed by atoms with van der Waals surface area (Å²) in [7, 11) is -0.559. The van der Waals surface area contributed by atoms with Crippen LogP contribution < -0.4 is 22.1 Å². The van der Waals surface area contributed by atoms with Crippen LogP contribution in [0.25, 0.3) is 0 Å². The van der Waals surface area contributed by atoms with Gasteiger partial charge in [-0.3, -0.25) is 0 Å². The molecule has 1 atom stereocenters. The molecule has 2 aromatic carbocycles. The lowest BCUT2D eigenvalue weighted by Crippen LogP contribution is -2.34. The summed E-state index contributed by atoms with van der Waals surface area (Å²) in [6.45, 7) is 0.509. The Kier molecular flexibility index (Phi) is 4.27. The molecule has 0 fully saturated rings. The molecule has 0 saturated heterocycles. The number of hydrogen-bond acceptors (Lipinski definition) is 2. The van der Waals surface area contributed by atoms with Crippen LogP contribution in [-0.4, -0.2) is 12.3 Å². The lowest BCUT2D eigenvalue weighted by Gasteiger charge is -2.24. The molecule has 17 heavy (non-hydrogen) atoms. The average Bonchev–Trinajstić information content (AvgIpc) is 2.41. The summed E-state index contributed by atoms with van der Waals surface area (Å²) < 4.78 is 0. The number of hydrogen-bond donors (Lipinski definition) is 2. The Morgan fingerprint density at radius 3 is 1.59 bits per heavy atom. The standard InChI is InChI=1S/C14H17N2P/c15-11-14(16)17(12-7-3-1-4-8-12)13-9-5-2-6-10-13/h1-10,14H,11,15-16H2. The molecule has 1 unspecified atom stereocenters. The third-order valence-electron chi connectivity index (χ3n) is 2.64. The molecule has 0 amide bonds. The van der Waals surface area contributed by atoms with E-state index in [2.05, 4.69) is 48.5 Å². The summed E-state index contributed by atoms with van der Waals surface area (Å²) in [5.74, 6) is 0.00907. The molecular weight excluding hydrogens is 227 g/mol. The molecule has 3 heteroatoms. The van der Waals surface area contributed by atoms with Crippen molar-refractivity contribution in [2.45, 2.75) is 5.78 Å². The van der Waals surface area contributed by atoms with Crippen molar-refractivity contribution < 1.29 is 0 Å². The number of rotatable bonds is 4. The van der Waals surface area contributed by atoms with E-state index in [-0.39, 0.29) is 5.78 Å². The fraction of sp³-hybridized carbons (Fsp3) is 0.143. The molecule has 4 N–H and O–H groups in total. The van der Waals surface area contributed by atoms with Gasteiger partial charge in [-0.15, -0.1) is 0 Å². The summed E-state index contributed by atoms with van der Waals surface area (Å²) in [4.78, 5) is 0. The van der Waals surface area contributed by atoms with E-state index in [1.807, 2.05) is 12.1 Å². The van der Waals surface area contributed by atoms with E-state index in [1.54, 1.807) is 0 Å². The maximum Gasteiger partial charge on any atom is 0.0450 e. The molecule has 0 aliphatic rings. The van der Waals surface area contributed by atoms with E-state index < -0.39 is 7.92 Å². The van der Waals surface area contributed by atoms with Gasteiger partial charge in [0.2, 0.25) is 0 Å². The lowest BCUT2D eigenvalue weighted by molar-refractivity contribution is 0.905. The highest BCUT2D eigenvalue weighted by atomic mass is 31.1. The van der Waals surface area contributed by atoms with Crippen molar-refractivity contribution in [3.05, 3.63) is 60.7 Å². The number of benzene rings is 2. The predicted octanol–water partition coefficient (Wildman–Crippen LogP) is 1.36. The molecule has 0 heterocycles. The largest absolute Gasteiger partial charge is 0.329 e. The molecule has 0 spiro atoms. The first kappa shape index (κ1) is 12.3. The molecular formula is C14H17N2P. The van der Waals surface area contributed by atoms with Crippen molar-refractivity contribution >= 4 is 18.5 Å². The minimum absolute atomic E-state index is 0.00907. The summed E-state index contributed by atoms with van der Waals surface area (Å²) in [5, 5.41) is 2.57. The Balaban J connectivity index is 2.39. The van der Waals surface area contributed by atoms with Crippen LogP contribution in [0.4, 0.5) is 0 Å². The fourth-order valence-electron chi connectivity index (χ4n) is 1.81. The molecule has 88 valence electrons. The monoisotopic (exact) mass is 244 g/mol. The maximum absolute atomic E-state index is 6.19. The van der Waals surface area contributed by atoms with Crippen LogP contribution >= 0.6 is 7.92 Å². The lowest BCUT2D eigenvalue weighted by atomic mass is 10.4. The Labute approximate surface area is 103 Å². The first-order valence-corrected chi connectivity index (χ1v) is 7.09. The highest BCUT2D eigenvalue weighted by Crippen LogP contribution is 2.35. The quantitative estimate of drug-likeness (QED) is 0.798. The zero-order valence-corrected chi connectivity index (χ0v) is 10.6. The van der Waals surface area contributed by atoms with E-state index in [0.717, 1.165) is 0 Å². The van der Waals surface area contributed by atoms with Crippen LogP contribution in [0.2, 0.25) is 0 Å². The zero-order valence-electron chi connectivity index (χ0n) is 9.66. The van der Waals surface area contributed by atoms with Crippen molar-refractivity contribution in [3.63, 3.8) is 0 Å². The van der Waals surface area contributed by atoms with Gasteiger partial charge in [-0.1, -0.05) is 60.7 Å². The zero-order chi connectivity index (χ0) is 12.1. The predicted molar refractivity (Wildman–Crippen MR) is 76.1 cm³/mol. The van der Waals surface area contributed by atoms with Crippen LogP contribution in [0.5, 0.6) is 0 Å². The van der Waals surface area contributed by atoms with Crippen LogP contribution in [0.3, 0.4) is 0 Å². The number of nitrogens with two attached hydrogens (primary N) is 2. The SMILES string of the molecule is NCC(N)P(c1ccccc1)c1ccccc1. The third kappa shape index (κ3) is 2.92. The summed E-state index contributed by atoms with van der Waals surface area (Å²) in [5.41, 5.74) is 11.9. The highest BCUT2D eigenvalue weighted by Gasteiger charge is 2.19. The summed E-state index contributed by atoms with van der Waals surface area (Å²) in [6, 6.07) is 20.8. The molecule has 0 bridgehead atoms. The van der Waals surface area contributed by atoms with Gasteiger partial charge in [0.05, 0.1) is 0 Å². The molecule has 0 aliphatic heterocycles. The third-order valence-corrected chi connectivity index (χ3v) is 5.22. The molecule has 0 radical (unpaired) electrons. The first-order chi connectivity index (χ1) is 8.33. The van der Waals surface area contributed by atoms with Gasteiger partial charge in [0, 0.05) is 12.3 Å². The van der Waals surface area contributed by atoms with Gasteiger partial charge in [-0.25, -0.2) is 0 Å². The Bertz CT molecular complexity index is 405. The van der Waals surface area contributed by atoms with Gasteiger partial charge < -0.3 is 11.5 Å². The second kappa shape index (κ2) is 5.92. The second-order valence-corrected chi connectivity index (χ2v) is 6.28. The van der Waals surface area contributed by atoms with E-state index in [4.69, 9.17) is 11.5 Å². The van der Waals surface area contributed by atoms with Crippen molar-refractivity contribution in [2.24, 2.45) is 11.5 Å². The van der Waals surface area contributed by atoms with Gasteiger partial charge in [-0.05, 0) is 18.5 Å². The topological polar surface area (TPSA) is 52.0 Å². The average molecular weight is 244 g/mol. The first-order valence-electron chi connectivity index (χ1n) is 5.68. The fourth-order valence-corrected chi connectivity index (χ4v) is 4.08. The summed E-state index contributed by atoms with van der Waals surface area (Å²) >= 11 is 0. The minimum atomic E-state index is -0.559. The van der Waals surface area contributed by atoms with Crippen molar-refractivity contribution in [1.29, 1.82) is 0 Å². The van der Waals surface area contributed by atoms with E-state index in [0.29, 0.717) is 6.54 Å². The minimum Gasteiger partial charge on any atom is -0.329 e. The van der Waals surface area contributed by atoms with Gasteiger partial charge >= 0.3 is 0 Å². The van der Waals surface area contributed by atoms with Gasteiger partial charge in [0.25, 0.3) is 0 Å². The molecule has 2 aromatic rings.